The Bertz CT molecular complexity index is 849. The quantitative estimate of drug-likeness (QED) is 0.449. The summed E-state index contributed by atoms with van der Waals surface area (Å²) >= 11 is 7.30. The van der Waals surface area contributed by atoms with Gasteiger partial charge in [0.2, 0.25) is 5.28 Å². The fourth-order valence-corrected chi connectivity index (χ4v) is 3.26. The number of benzene rings is 1. The second-order valence-corrected chi connectivity index (χ2v) is 5.42. The van der Waals surface area contributed by atoms with Gasteiger partial charge in [0, 0.05) is 30.1 Å². The highest BCUT2D eigenvalue weighted by Crippen LogP contribution is 2.38. The van der Waals surface area contributed by atoms with Crippen LogP contribution in [0.2, 0.25) is 5.28 Å². The molecule has 2 heterocycles. The van der Waals surface area contributed by atoms with Crippen LogP contribution in [-0.4, -0.2) is 21.9 Å². The molecular formula is C13H9ClN4O2S. The van der Waals surface area contributed by atoms with Crippen molar-refractivity contribution < 1.29 is 4.92 Å². The number of halogens is 1. The SMILES string of the molecule is CNc1nc(Cl)nc2scc(-c3cccc([N+](=O)[O-])c3)c12. The van der Waals surface area contributed by atoms with E-state index in [1.807, 2.05) is 11.4 Å². The number of hydrogen-bond donors (Lipinski definition) is 1. The van der Waals surface area contributed by atoms with Gasteiger partial charge in [-0.3, -0.25) is 10.1 Å². The average Bonchev–Trinajstić information content (AvgIpc) is 2.90. The molecule has 1 N–H and O–H groups in total. The molecule has 3 rings (SSSR count). The lowest BCUT2D eigenvalue weighted by Crippen LogP contribution is -1.95. The molecule has 0 amide bonds. The number of nitrogens with zero attached hydrogens (tertiary/aromatic N) is 3. The van der Waals surface area contributed by atoms with Crippen molar-refractivity contribution in [3.05, 3.63) is 45.0 Å². The Morgan fingerprint density at radius 1 is 1.38 bits per heavy atom. The standard InChI is InChI=1S/C13H9ClN4O2S/c1-15-11-10-9(6-21-12(10)17-13(14)16-11)7-3-2-4-8(5-7)18(19)20/h2-6H,1H3,(H,15,16,17). The van der Waals surface area contributed by atoms with Crippen LogP contribution in [0.4, 0.5) is 11.5 Å². The van der Waals surface area contributed by atoms with E-state index in [2.05, 4.69) is 15.3 Å². The molecule has 6 nitrogen and oxygen atoms in total. The molecule has 106 valence electrons. The number of fused-ring (bicyclic) bond motifs is 1. The number of anilines is 1. The van der Waals surface area contributed by atoms with Crippen LogP contribution in [0, 0.1) is 10.1 Å². The van der Waals surface area contributed by atoms with E-state index < -0.39 is 4.92 Å². The van der Waals surface area contributed by atoms with E-state index in [-0.39, 0.29) is 11.0 Å². The summed E-state index contributed by atoms with van der Waals surface area (Å²) in [6.45, 7) is 0. The minimum atomic E-state index is -0.412. The summed E-state index contributed by atoms with van der Waals surface area (Å²) in [6.07, 6.45) is 0. The van der Waals surface area contributed by atoms with E-state index in [1.54, 1.807) is 13.1 Å². The highest BCUT2D eigenvalue weighted by atomic mass is 35.5. The van der Waals surface area contributed by atoms with Crippen molar-refractivity contribution in [2.75, 3.05) is 12.4 Å². The molecule has 0 aliphatic heterocycles. The molecule has 0 saturated carbocycles. The van der Waals surface area contributed by atoms with E-state index in [4.69, 9.17) is 11.6 Å². The highest BCUT2D eigenvalue weighted by molar-refractivity contribution is 7.17. The van der Waals surface area contributed by atoms with Gasteiger partial charge in [-0.05, 0) is 17.2 Å². The third kappa shape index (κ3) is 2.41. The zero-order chi connectivity index (χ0) is 15.0. The Labute approximate surface area is 128 Å². The maximum Gasteiger partial charge on any atom is 0.270 e. The first kappa shape index (κ1) is 13.7. The molecule has 1 aromatic carbocycles. The zero-order valence-corrected chi connectivity index (χ0v) is 12.4. The van der Waals surface area contributed by atoms with Crippen LogP contribution in [0.5, 0.6) is 0 Å². The monoisotopic (exact) mass is 320 g/mol. The normalized spacial score (nSPS) is 10.8. The van der Waals surface area contributed by atoms with Gasteiger partial charge in [0.1, 0.15) is 10.6 Å². The molecule has 0 aliphatic rings. The first-order valence-electron chi connectivity index (χ1n) is 5.97. The minimum Gasteiger partial charge on any atom is -0.372 e. The molecule has 0 fully saturated rings. The van der Waals surface area contributed by atoms with Crippen molar-refractivity contribution in [2.45, 2.75) is 0 Å². The number of non-ortho nitro benzene ring substituents is 1. The smallest absolute Gasteiger partial charge is 0.270 e. The van der Waals surface area contributed by atoms with Crippen molar-refractivity contribution in [3.63, 3.8) is 0 Å². The number of hydrogen-bond acceptors (Lipinski definition) is 6. The van der Waals surface area contributed by atoms with Gasteiger partial charge in [0.15, 0.2) is 0 Å². The second kappa shape index (κ2) is 5.27. The molecule has 0 saturated heterocycles. The Morgan fingerprint density at radius 2 is 2.19 bits per heavy atom. The second-order valence-electron chi connectivity index (χ2n) is 4.23. The molecular weight excluding hydrogens is 312 g/mol. The molecule has 0 aliphatic carbocycles. The summed E-state index contributed by atoms with van der Waals surface area (Å²) in [4.78, 5) is 19.6. The molecule has 0 radical (unpaired) electrons. The van der Waals surface area contributed by atoms with E-state index in [0.717, 1.165) is 21.3 Å². The summed E-state index contributed by atoms with van der Waals surface area (Å²) in [5, 5.41) is 16.8. The Balaban J connectivity index is 2.26. The fourth-order valence-electron chi connectivity index (χ4n) is 2.10. The van der Waals surface area contributed by atoms with Gasteiger partial charge in [-0.15, -0.1) is 11.3 Å². The van der Waals surface area contributed by atoms with Crippen molar-refractivity contribution in [1.82, 2.24) is 9.97 Å². The van der Waals surface area contributed by atoms with Crippen LogP contribution in [0.25, 0.3) is 21.3 Å². The van der Waals surface area contributed by atoms with Crippen LogP contribution >= 0.6 is 22.9 Å². The van der Waals surface area contributed by atoms with Crippen molar-refractivity contribution in [1.29, 1.82) is 0 Å². The molecule has 21 heavy (non-hydrogen) atoms. The minimum absolute atomic E-state index is 0.0488. The molecule has 0 bridgehead atoms. The van der Waals surface area contributed by atoms with E-state index in [9.17, 15) is 10.1 Å². The third-order valence-electron chi connectivity index (χ3n) is 3.01. The lowest BCUT2D eigenvalue weighted by Gasteiger charge is -2.05. The van der Waals surface area contributed by atoms with Crippen LogP contribution in [0.3, 0.4) is 0 Å². The predicted octanol–water partition coefficient (Wildman–Crippen LogP) is 3.96. The van der Waals surface area contributed by atoms with Crippen LogP contribution < -0.4 is 5.32 Å². The van der Waals surface area contributed by atoms with E-state index in [0.29, 0.717) is 5.82 Å². The summed E-state index contributed by atoms with van der Waals surface area (Å²) in [7, 11) is 1.74. The zero-order valence-electron chi connectivity index (χ0n) is 10.8. The molecule has 8 heteroatoms. The summed E-state index contributed by atoms with van der Waals surface area (Å²) in [5.74, 6) is 0.604. The highest BCUT2D eigenvalue weighted by Gasteiger charge is 2.16. The van der Waals surface area contributed by atoms with Crippen molar-refractivity contribution in [2.24, 2.45) is 0 Å². The van der Waals surface area contributed by atoms with E-state index >= 15 is 0 Å². The van der Waals surface area contributed by atoms with Gasteiger partial charge in [-0.1, -0.05) is 12.1 Å². The average molecular weight is 321 g/mol. The first-order chi connectivity index (χ1) is 10.1. The van der Waals surface area contributed by atoms with Gasteiger partial charge in [-0.25, -0.2) is 9.97 Å². The summed E-state index contributed by atoms with van der Waals surface area (Å²) in [5.41, 5.74) is 1.64. The summed E-state index contributed by atoms with van der Waals surface area (Å²) < 4.78 is 0. The first-order valence-corrected chi connectivity index (χ1v) is 7.23. The predicted molar refractivity (Wildman–Crippen MR) is 84.1 cm³/mol. The largest absolute Gasteiger partial charge is 0.372 e. The molecule has 2 aromatic heterocycles. The van der Waals surface area contributed by atoms with Crippen molar-refractivity contribution in [3.8, 4) is 11.1 Å². The fraction of sp³-hybridized carbons (Fsp3) is 0.0769. The topological polar surface area (TPSA) is 81.0 Å². The molecule has 0 atom stereocenters. The van der Waals surface area contributed by atoms with E-state index in [1.165, 1.54) is 23.5 Å². The number of nitro benzene ring substituents is 1. The third-order valence-corrected chi connectivity index (χ3v) is 4.05. The maximum absolute atomic E-state index is 10.9. The number of rotatable bonds is 3. The number of thiophene rings is 1. The summed E-state index contributed by atoms with van der Waals surface area (Å²) in [6, 6.07) is 6.48. The Kier molecular flexibility index (Phi) is 3.44. The van der Waals surface area contributed by atoms with Gasteiger partial charge >= 0.3 is 0 Å². The number of aromatic nitrogens is 2. The molecule has 0 spiro atoms. The maximum atomic E-state index is 10.9. The van der Waals surface area contributed by atoms with Gasteiger partial charge in [0.25, 0.3) is 5.69 Å². The van der Waals surface area contributed by atoms with Crippen LogP contribution in [0.15, 0.2) is 29.6 Å². The van der Waals surface area contributed by atoms with Crippen molar-refractivity contribution >= 4 is 44.7 Å². The molecule has 3 aromatic rings. The lowest BCUT2D eigenvalue weighted by molar-refractivity contribution is -0.384. The van der Waals surface area contributed by atoms with Crippen LogP contribution in [0.1, 0.15) is 0 Å². The number of nitrogens with one attached hydrogen (secondary N) is 1. The Morgan fingerprint density at radius 3 is 2.90 bits per heavy atom. The van der Waals surface area contributed by atoms with Gasteiger partial charge in [0.05, 0.1) is 10.3 Å². The number of nitro groups is 1. The lowest BCUT2D eigenvalue weighted by atomic mass is 10.1. The van der Waals surface area contributed by atoms with Crippen LogP contribution in [-0.2, 0) is 0 Å². The van der Waals surface area contributed by atoms with Gasteiger partial charge < -0.3 is 5.32 Å². The Hall–Kier alpha value is -2.25. The molecule has 0 unspecified atom stereocenters. The van der Waals surface area contributed by atoms with Gasteiger partial charge in [-0.2, -0.15) is 0 Å².